The minimum absolute atomic E-state index is 0.253. The molecule has 24 heavy (non-hydrogen) atoms. The predicted octanol–water partition coefficient (Wildman–Crippen LogP) is 2.57. The van der Waals surface area contributed by atoms with E-state index in [0.717, 1.165) is 31.9 Å². The molecule has 0 unspecified atom stereocenters. The van der Waals surface area contributed by atoms with Crippen molar-refractivity contribution >= 4 is 11.7 Å². The largest absolute Gasteiger partial charge is 0.461 e. The van der Waals surface area contributed by atoms with Gasteiger partial charge in [0.2, 0.25) is 0 Å². The Morgan fingerprint density at radius 3 is 2.08 bits per heavy atom. The first-order valence-corrected chi connectivity index (χ1v) is 8.75. The fourth-order valence-corrected chi connectivity index (χ4v) is 2.25. The Bertz CT molecular complexity index is 472. The normalized spacial score (nSPS) is 11.1. The van der Waals surface area contributed by atoms with E-state index in [1.807, 2.05) is 43.3 Å². The Hall–Kier alpha value is -1.59. The van der Waals surface area contributed by atoms with Crippen molar-refractivity contribution in [2.24, 2.45) is 0 Å². The number of benzene rings is 1. The third kappa shape index (κ3) is 7.79. The van der Waals surface area contributed by atoms with Crippen molar-refractivity contribution in [2.45, 2.75) is 19.8 Å². The van der Waals surface area contributed by atoms with Gasteiger partial charge in [-0.2, -0.15) is 0 Å². The summed E-state index contributed by atoms with van der Waals surface area (Å²) in [7, 11) is 8.10. The average Bonchev–Trinajstić information content (AvgIpc) is 2.54. The van der Waals surface area contributed by atoms with Crippen molar-refractivity contribution in [3.63, 3.8) is 0 Å². The van der Waals surface area contributed by atoms with Crippen molar-refractivity contribution in [1.82, 2.24) is 9.80 Å². The van der Waals surface area contributed by atoms with Crippen molar-refractivity contribution in [3.05, 3.63) is 29.8 Å². The molecule has 5 heteroatoms. The summed E-state index contributed by atoms with van der Waals surface area (Å²) in [5, 5.41) is 0. The smallest absolute Gasteiger partial charge is 0.338 e. The highest BCUT2D eigenvalue weighted by Gasteiger charge is 2.10. The summed E-state index contributed by atoms with van der Waals surface area (Å²) in [5.41, 5.74) is 1.77. The summed E-state index contributed by atoms with van der Waals surface area (Å²) in [4.78, 5) is 18.6. The van der Waals surface area contributed by atoms with Gasteiger partial charge in [0, 0.05) is 31.9 Å². The van der Waals surface area contributed by atoms with Crippen molar-refractivity contribution < 1.29 is 9.53 Å². The topological polar surface area (TPSA) is 36.0 Å². The van der Waals surface area contributed by atoms with Crippen LogP contribution in [0.3, 0.4) is 0 Å². The first-order valence-electron chi connectivity index (χ1n) is 8.75. The number of carbonyl (C=O) groups is 1. The monoisotopic (exact) mass is 335 g/mol. The lowest BCUT2D eigenvalue weighted by molar-refractivity contribution is 0.0482. The summed E-state index contributed by atoms with van der Waals surface area (Å²) < 4.78 is 5.28. The molecule has 136 valence electrons. The van der Waals surface area contributed by atoms with Crippen LogP contribution in [0.2, 0.25) is 0 Å². The van der Waals surface area contributed by atoms with Crippen molar-refractivity contribution in [2.75, 3.05) is 65.9 Å². The molecule has 1 rings (SSSR count). The van der Waals surface area contributed by atoms with Crippen LogP contribution in [-0.4, -0.2) is 76.7 Å². The van der Waals surface area contributed by atoms with E-state index in [0.29, 0.717) is 12.2 Å². The molecule has 0 atom stereocenters. The number of rotatable bonds is 11. The average molecular weight is 335 g/mol. The molecule has 0 aromatic heterocycles. The van der Waals surface area contributed by atoms with Gasteiger partial charge in [-0.1, -0.05) is 13.3 Å². The summed E-state index contributed by atoms with van der Waals surface area (Å²) >= 11 is 0. The molecule has 0 fully saturated rings. The van der Waals surface area contributed by atoms with E-state index in [9.17, 15) is 4.79 Å². The van der Waals surface area contributed by atoms with Crippen LogP contribution >= 0.6 is 0 Å². The molecule has 0 aliphatic rings. The minimum Gasteiger partial charge on any atom is -0.461 e. The van der Waals surface area contributed by atoms with E-state index >= 15 is 0 Å². The lowest BCUT2D eigenvalue weighted by Gasteiger charge is -2.26. The Morgan fingerprint density at radius 2 is 1.54 bits per heavy atom. The van der Waals surface area contributed by atoms with Gasteiger partial charge >= 0.3 is 5.97 Å². The fraction of sp³-hybridized carbons (Fsp3) is 0.632. The Kier molecular flexibility index (Phi) is 9.42. The molecule has 1 aromatic carbocycles. The fourth-order valence-electron chi connectivity index (χ4n) is 2.25. The number of esters is 1. The van der Waals surface area contributed by atoms with Crippen LogP contribution in [0.5, 0.6) is 0 Å². The zero-order valence-corrected chi connectivity index (χ0v) is 15.9. The van der Waals surface area contributed by atoms with Gasteiger partial charge < -0.3 is 19.4 Å². The second kappa shape index (κ2) is 11.0. The van der Waals surface area contributed by atoms with Crippen LogP contribution in [0, 0.1) is 0 Å². The molecule has 0 aliphatic heterocycles. The van der Waals surface area contributed by atoms with Gasteiger partial charge in [-0.3, -0.25) is 0 Å². The Balaban J connectivity index is 2.65. The lowest BCUT2D eigenvalue weighted by atomic mass is 10.2. The van der Waals surface area contributed by atoms with E-state index < -0.39 is 0 Å². The molecular weight excluding hydrogens is 302 g/mol. The quantitative estimate of drug-likeness (QED) is 0.581. The molecule has 0 N–H and O–H groups in total. The third-order valence-electron chi connectivity index (χ3n) is 3.84. The van der Waals surface area contributed by atoms with E-state index in [4.69, 9.17) is 4.74 Å². The molecule has 1 aromatic rings. The number of nitrogens with zero attached hydrogens (tertiary/aromatic N) is 3. The zero-order chi connectivity index (χ0) is 17.9. The van der Waals surface area contributed by atoms with Gasteiger partial charge in [-0.25, -0.2) is 4.79 Å². The summed E-state index contributed by atoms with van der Waals surface area (Å²) in [6, 6.07) is 7.77. The summed E-state index contributed by atoms with van der Waals surface area (Å²) in [6.45, 7) is 6.39. The zero-order valence-electron chi connectivity index (χ0n) is 15.9. The van der Waals surface area contributed by atoms with Crippen molar-refractivity contribution in [1.29, 1.82) is 0 Å². The number of hydrogen-bond donors (Lipinski definition) is 0. The number of likely N-dealkylation sites (N-methyl/N-ethyl adjacent to an activating group) is 2. The molecule has 0 saturated carbocycles. The summed E-state index contributed by atoms with van der Waals surface area (Å²) in [6.07, 6.45) is 2.34. The first-order chi connectivity index (χ1) is 11.4. The van der Waals surface area contributed by atoms with E-state index in [1.165, 1.54) is 12.8 Å². The first kappa shape index (κ1) is 20.5. The molecule has 0 saturated heterocycles. The highest BCUT2D eigenvalue weighted by atomic mass is 16.5. The number of carbonyl (C=O) groups excluding carboxylic acids is 1. The van der Waals surface area contributed by atoms with Gasteiger partial charge in [0.1, 0.15) is 6.61 Å². The molecule has 5 nitrogen and oxygen atoms in total. The Labute approximate surface area is 147 Å². The van der Waals surface area contributed by atoms with E-state index in [1.54, 1.807) is 0 Å². The Morgan fingerprint density at radius 1 is 0.917 bits per heavy atom. The van der Waals surface area contributed by atoms with Gasteiger partial charge in [0.25, 0.3) is 0 Å². The molecule has 0 heterocycles. The maximum atomic E-state index is 12.0. The summed E-state index contributed by atoms with van der Waals surface area (Å²) in [5.74, 6) is -0.253. The third-order valence-corrected chi connectivity index (χ3v) is 3.84. The molecule has 0 aliphatic carbocycles. The maximum absolute atomic E-state index is 12.0. The van der Waals surface area contributed by atoms with Gasteiger partial charge in [-0.15, -0.1) is 0 Å². The predicted molar refractivity (Wildman–Crippen MR) is 101 cm³/mol. The van der Waals surface area contributed by atoms with Gasteiger partial charge in [-0.05, 0) is 58.9 Å². The molecule has 0 spiro atoms. The van der Waals surface area contributed by atoms with Crippen LogP contribution in [-0.2, 0) is 4.74 Å². The molecule has 0 radical (unpaired) electrons. The number of anilines is 1. The van der Waals surface area contributed by atoms with Gasteiger partial charge in [0.15, 0.2) is 0 Å². The SMILES string of the molecule is CCCCN(CCN(C)C)c1ccc(C(=O)OCCN(C)C)cc1. The standard InChI is InChI=1S/C19H33N3O2/c1-6-7-12-22(14-13-20(2)3)18-10-8-17(9-11-18)19(23)24-16-15-21(4)5/h8-11H,6-7,12-16H2,1-5H3. The number of hydrogen-bond acceptors (Lipinski definition) is 5. The van der Waals surface area contributed by atoms with Crippen LogP contribution in [0.25, 0.3) is 0 Å². The minimum atomic E-state index is -0.253. The van der Waals surface area contributed by atoms with Crippen LogP contribution in [0.1, 0.15) is 30.1 Å². The maximum Gasteiger partial charge on any atom is 0.338 e. The number of unbranched alkanes of at least 4 members (excludes halogenated alkanes) is 1. The number of ether oxygens (including phenoxy) is 1. The van der Waals surface area contributed by atoms with Crippen LogP contribution < -0.4 is 4.90 Å². The van der Waals surface area contributed by atoms with Crippen LogP contribution in [0.4, 0.5) is 5.69 Å². The highest BCUT2D eigenvalue weighted by Crippen LogP contribution is 2.16. The molecule has 0 bridgehead atoms. The second-order valence-electron chi connectivity index (χ2n) is 6.63. The lowest BCUT2D eigenvalue weighted by Crippen LogP contribution is -2.32. The van der Waals surface area contributed by atoms with Crippen LogP contribution in [0.15, 0.2) is 24.3 Å². The second-order valence-corrected chi connectivity index (χ2v) is 6.63. The molecule has 0 amide bonds. The highest BCUT2D eigenvalue weighted by molar-refractivity contribution is 5.89. The van der Waals surface area contributed by atoms with Crippen molar-refractivity contribution in [3.8, 4) is 0 Å². The molecular formula is C19H33N3O2. The van der Waals surface area contributed by atoms with E-state index in [2.05, 4.69) is 30.8 Å². The van der Waals surface area contributed by atoms with E-state index in [-0.39, 0.29) is 5.97 Å². The van der Waals surface area contributed by atoms with Gasteiger partial charge in [0.05, 0.1) is 5.56 Å².